The van der Waals surface area contributed by atoms with Gasteiger partial charge in [0.1, 0.15) is 5.82 Å². The van der Waals surface area contributed by atoms with Crippen molar-refractivity contribution in [3.63, 3.8) is 0 Å². The molecular weight excluding hydrogens is 502 g/mol. The second-order valence-electron chi connectivity index (χ2n) is 10.9. The maximum absolute atomic E-state index is 13.1. The zero-order chi connectivity index (χ0) is 27.5. The number of benzene rings is 1. The fourth-order valence-corrected chi connectivity index (χ4v) is 5.78. The van der Waals surface area contributed by atoms with Gasteiger partial charge >= 0.3 is 0 Å². The first-order valence-electron chi connectivity index (χ1n) is 14.2. The predicted octanol–water partition coefficient (Wildman–Crippen LogP) is 4.51. The average Bonchev–Trinajstić information content (AvgIpc) is 3.37. The van der Waals surface area contributed by atoms with Crippen LogP contribution in [0.4, 0.5) is 5.82 Å². The molecule has 2 aliphatic heterocycles. The number of carbonyl (C=O) groups excluding carboxylic acids is 2. The van der Waals surface area contributed by atoms with E-state index in [-0.39, 0.29) is 17.7 Å². The van der Waals surface area contributed by atoms with Crippen LogP contribution in [0.3, 0.4) is 0 Å². The van der Waals surface area contributed by atoms with Crippen LogP contribution in [-0.2, 0) is 18.4 Å². The molecule has 0 atom stereocenters. The Kier molecular flexibility index (Phi) is 7.55. The molecule has 0 unspecified atom stereocenters. The number of carbonyl (C=O) groups is 2. The highest BCUT2D eigenvalue weighted by Crippen LogP contribution is 2.28. The topological polar surface area (TPSA) is 96.2 Å². The number of rotatable bonds is 6. The first kappa shape index (κ1) is 26.1. The van der Waals surface area contributed by atoms with Crippen molar-refractivity contribution in [3.8, 4) is 11.3 Å². The number of hydrogen-bond donors (Lipinski definition) is 1. The van der Waals surface area contributed by atoms with Gasteiger partial charge < -0.3 is 10.2 Å². The van der Waals surface area contributed by atoms with E-state index in [0.29, 0.717) is 37.3 Å². The Labute approximate surface area is 234 Å². The van der Waals surface area contributed by atoms with Gasteiger partial charge in [0, 0.05) is 61.5 Å². The summed E-state index contributed by atoms with van der Waals surface area (Å²) in [5.74, 6) is 0.340. The fraction of sp³-hybridized carbons (Fsp3) is 0.387. The lowest BCUT2D eigenvalue weighted by Crippen LogP contribution is -2.41. The SMILES string of the molecule is Cn1ncc(-c2cc3cc(NC(=O)C4CCN(C(=O)c5ccccc5)CC4)ncc3cn2)c1CN1CCCCC1. The van der Waals surface area contributed by atoms with Crippen LogP contribution in [0, 0.1) is 5.92 Å². The molecule has 6 rings (SSSR count). The van der Waals surface area contributed by atoms with Gasteiger partial charge in [-0.2, -0.15) is 5.10 Å². The monoisotopic (exact) mass is 537 g/mol. The Hall–Kier alpha value is -4.11. The Morgan fingerprint density at radius 2 is 1.65 bits per heavy atom. The molecule has 9 heteroatoms. The van der Waals surface area contributed by atoms with Gasteiger partial charge in [0.2, 0.25) is 5.91 Å². The highest BCUT2D eigenvalue weighted by atomic mass is 16.2. The van der Waals surface area contributed by atoms with Gasteiger partial charge in [0.15, 0.2) is 0 Å². The largest absolute Gasteiger partial charge is 0.339 e. The van der Waals surface area contributed by atoms with E-state index in [1.165, 1.54) is 19.3 Å². The highest BCUT2D eigenvalue weighted by Gasteiger charge is 2.28. The maximum Gasteiger partial charge on any atom is 0.253 e. The summed E-state index contributed by atoms with van der Waals surface area (Å²) in [6.45, 7) is 4.23. The van der Waals surface area contributed by atoms with Gasteiger partial charge in [-0.05, 0) is 68.4 Å². The van der Waals surface area contributed by atoms with Crippen molar-refractivity contribution in [2.24, 2.45) is 13.0 Å². The number of piperidine rings is 2. The predicted molar refractivity (Wildman–Crippen MR) is 155 cm³/mol. The first-order valence-corrected chi connectivity index (χ1v) is 14.2. The molecule has 2 amide bonds. The quantitative estimate of drug-likeness (QED) is 0.389. The number of anilines is 1. The molecule has 206 valence electrons. The highest BCUT2D eigenvalue weighted by molar-refractivity contribution is 5.96. The third-order valence-corrected chi connectivity index (χ3v) is 8.19. The molecule has 2 fully saturated rings. The third-order valence-electron chi connectivity index (χ3n) is 8.19. The molecule has 0 aliphatic carbocycles. The zero-order valence-corrected chi connectivity index (χ0v) is 22.9. The summed E-state index contributed by atoms with van der Waals surface area (Å²) in [4.78, 5) is 39.3. The second kappa shape index (κ2) is 11.6. The van der Waals surface area contributed by atoms with Crippen molar-refractivity contribution in [2.75, 3.05) is 31.5 Å². The molecule has 5 heterocycles. The van der Waals surface area contributed by atoms with E-state index in [1.807, 2.05) is 65.4 Å². The molecule has 0 spiro atoms. The van der Waals surface area contributed by atoms with Crippen molar-refractivity contribution in [1.29, 1.82) is 0 Å². The molecule has 9 nitrogen and oxygen atoms in total. The van der Waals surface area contributed by atoms with Gasteiger partial charge in [-0.15, -0.1) is 0 Å². The van der Waals surface area contributed by atoms with E-state index >= 15 is 0 Å². The number of likely N-dealkylation sites (tertiary alicyclic amines) is 2. The molecule has 3 aromatic heterocycles. The summed E-state index contributed by atoms with van der Waals surface area (Å²) in [7, 11) is 1.99. The molecule has 1 N–H and O–H groups in total. The number of fused-ring (bicyclic) bond motifs is 1. The Bertz CT molecular complexity index is 1500. The third kappa shape index (κ3) is 5.60. The van der Waals surface area contributed by atoms with Crippen LogP contribution in [0.25, 0.3) is 22.0 Å². The Morgan fingerprint density at radius 1 is 0.900 bits per heavy atom. The van der Waals surface area contributed by atoms with Crippen molar-refractivity contribution >= 4 is 28.4 Å². The number of hydrogen-bond acceptors (Lipinski definition) is 6. The molecule has 0 radical (unpaired) electrons. The van der Waals surface area contributed by atoms with E-state index in [2.05, 4.69) is 26.4 Å². The Balaban J connectivity index is 1.13. The van der Waals surface area contributed by atoms with Gasteiger partial charge in [-0.1, -0.05) is 24.6 Å². The molecule has 0 saturated carbocycles. The minimum absolute atomic E-state index is 0.0211. The van der Waals surface area contributed by atoms with E-state index < -0.39 is 0 Å². The zero-order valence-electron chi connectivity index (χ0n) is 22.9. The smallest absolute Gasteiger partial charge is 0.253 e. The average molecular weight is 538 g/mol. The van der Waals surface area contributed by atoms with Crippen LogP contribution < -0.4 is 5.32 Å². The summed E-state index contributed by atoms with van der Waals surface area (Å²) < 4.78 is 1.95. The van der Waals surface area contributed by atoms with Crippen LogP contribution in [0.2, 0.25) is 0 Å². The number of pyridine rings is 2. The lowest BCUT2D eigenvalue weighted by Gasteiger charge is -2.31. The molecule has 0 bridgehead atoms. The summed E-state index contributed by atoms with van der Waals surface area (Å²) in [5, 5.41) is 9.43. The lowest BCUT2D eigenvalue weighted by atomic mass is 9.95. The normalized spacial score (nSPS) is 16.8. The fourth-order valence-electron chi connectivity index (χ4n) is 5.78. The van der Waals surface area contributed by atoms with Crippen LogP contribution in [-0.4, -0.2) is 67.5 Å². The van der Waals surface area contributed by atoms with Gasteiger partial charge in [0.05, 0.1) is 17.6 Å². The number of aryl methyl sites for hydroxylation is 1. The number of amides is 2. The molecule has 4 aromatic rings. The minimum Gasteiger partial charge on any atom is -0.339 e. The number of nitrogens with one attached hydrogen (secondary N) is 1. The van der Waals surface area contributed by atoms with Crippen LogP contribution in [0.5, 0.6) is 0 Å². The van der Waals surface area contributed by atoms with E-state index in [0.717, 1.165) is 47.4 Å². The Morgan fingerprint density at radius 3 is 2.42 bits per heavy atom. The van der Waals surface area contributed by atoms with E-state index in [9.17, 15) is 9.59 Å². The first-order chi connectivity index (χ1) is 19.5. The summed E-state index contributed by atoms with van der Waals surface area (Å²) in [6.07, 6.45) is 10.5. The van der Waals surface area contributed by atoms with Crippen LogP contribution >= 0.6 is 0 Å². The minimum atomic E-state index is -0.155. The van der Waals surface area contributed by atoms with Crippen LogP contribution in [0.15, 0.2) is 61.1 Å². The van der Waals surface area contributed by atoms with Crippen LogP contribution in [0.1, 0.15) is 48.2 Å². The summed E-state index contributed by atoms with van der Waals surface area (Å²) in [5.41, 5.74) is 3.75. The number of aromatic nitrogens is 4. The summed E-state index contributed by atoms with van der Waals surface area (Å²) in [6, 6.07) is 13.3. The lowest BCUT2D eigenvalue weighted by molar-refractivity contribution is -0.121. The molecule has 2 aliphatic rings. The molecular formula is C31H35N7O2. The van der Waals surface area contributed by atoms with Gasteiger partial charge in [-0.25, -0.2) is 4.98 Å². The van der Waals surface area contributed by atoms with Crippen molar-refractivity contribution in [1.82, 2.24) is 29.5 Å². The molecule has 40 heavy (non-hydrogen) atoms. The standard InChI is InChI=1S/C31H35N7O2/c1-36-28(21-37-12-6-3-7-13-37)26(20-34-36)27-16-24-17-29(33-19-25(24)18-32-27)35-30(39)22-10-14-38(15-11-22)31(40)23-8-4-2-5-9-23/h2,4-5,8-9,16-20,22H,3,6-7,10-15,21H2,1H3,(H,33,35,39). The van der Waals surface area contributed by atoms with Crippen molar-refractivity contribution in [2.45, 2.75) is 38.6 Å². The molecule has 2 saturated heterocycles. The van der Waals surface area contributed by atoms with Gasteiger partial charge in [0.25, 0.3) is 5.91 Å². The van der Waals surface area contributed by atoms with Crippen molar-refractivity contribution < 1.29 is 9.59 Å². The second-order valence-corrected chi connectivity index (χ2v) is 10.9. The van der Waals surface area contributed by atoms with Crippen molar-refractivity contribution in [3.05, 3.63) is 72.3 Å². The molecule has 1 aromatic carbocycles. The summed E-state index contributed by atoms with van der Waals surface area (Å²) >= 11 is 0. The number of nitrogens with zero attached hydrogens (tertiary/aromatic N) is 6. The van der Waals surface area contributed by atoms with E-state index in [4.69, 9.17) is 4.98 Å². The van der Waals surface area contributed by atoms with E-state index in [1.54, 1.807) is 6.20 Å². The van der Waals surface area contributed by atoms with Gasteiger partial charge in [-0.3, -0.25) is 24.2 Å². The maximum atomic E-state index is 13.1.